The second-order valence-corrected chi connectivity index (χ2v) is 4.38. The fraction of sp³-hybridized carbons (Fsp3) is 0.0714. The first-order chi connectivity index (χ1) is 10.1. The summed E-state index contributed by atoms with van der Waals surface area (Å²) in [6.07, 6.45) is 4.34. The smallest absolute Gasteiger partial charge is 0.263 e. The zero-order valence-electron chi connectivity index (χ0n) is 11.1. The van der Waals surface area contributed by atoms with Crippen molar-refractivity contribution in [3.8, 4) is 5.75 Å². The van der Waals surface area contributed by atoms with E-state index in [2.05, 4.69) is 9.97 Å². The number of rotatable bonds is 2. The Labute approximate surface area is 119 Å². The van der Waals surface area contributed by atoms with Gasteiger partial charge in [-0.1, -0.05) is 0 Å². The predicted molar refractivity (Wildman–Crippen MR) is 74.6 cm³/mol. The van der Waals surface area contributed by atoms with Crippen LogP contribution in [0.15, 0.2) is 36.9 Å². The fourth-order valence-electron chi connectivity index (χ4n) is 2.09. The number of benzene rings is 1. The molecule has 106 valence electrons. The van der Waals surface area contributed by atoms with Gasteiger partial charge in [0.05, 0.1) is 12.7 Å². The number of fused-ring (bicyclic) bond motifs is 1. The number of aromatic nitrogens is 3. The molecule has 0 atom stereocenters. The highest BCUT2D eigenvalue weighted by atomic mass is 19.1. The van der Waals surface area contributed by atoms with Crippen LogP contribution in [0.5, 0.6) is 5.75 Å². The lowest BCUT2D eigenvalue weighted by Gasteiger charge is -2.09. The molecule has 0 aliphatic rings. The highest BCUT2D eigenvalue weighted by Crippen LogP contribution is 2.27. The maximum atomic E-state index is 14.1. The lowest BCUT2D eigenvalue weighted by molar-refractivity contribution is 0.0961. The van der Waals surface area contributed by atoms with E-state index in [1.54, 1.807) is 6.07 Å². The van der Waals surface area contributed by atoms with Gasteiger partial charge >= 0.3 is 0 Å². The van der Waals surface area contributed by atoms with Crippen LogP contribution in [0.25, 0.3) is 10.9 Å². The number of ether oxygens (including phenoxy) is 1. The van der Waals surface area contributed by atoms with E-state index in [9.17, 15) is 9.18 Å². The maximum Gasteiger partial charge on any atom is 0.263 e. The molecule has 2 aromatic heterocycles. The van der Waals surface area contributed by atoms with Gasteiger partial charge in [0, 0.05) is 23.8 Å². The molecule has 0 aliphatic heterocycles. The molecule has 0 bridgehead atoms. The zero-order chi connectivity index (χ0) is 15.0. The molecular formula is C14H11FN4O2. The van der Waals surface area contributed by atoms with E-state index in [4.69, 9.17) is 10.5 Å². The van der Waals surface area contributed by atoms with Gasteiger partial charge in [0.2, 0.25) is 0 Å². The Bertz CT molecular complexity index is 831. The number of anilines is 1. The number of hydrogen-bond acceptors (Lipinski definition) is 5. The van der Waals surface area contributed by atoms with Crippen molar-refractivity contribution in [2.45, 2.75) is 0 Å². The van der Waals surface area contributed by atoms with E-state index in [-0.39, 0.29) is 22.8 Å². The van der Waals surface area contributed by atoms with E-state index in [0.29, 0.717) is 11.1 Å². The molecule has 7 heteroatoms. The van der Waals surface area contributed by atoms with Gasteiger partial charge in [-0.3, -0.25) is 9.36 Å². The van der Waals surface area contributed by atoms with Gasteiger partial charge in [-0.2, -0.15) is 0 Å². The maximum absolute atomic E-state index is 14.1. The average molecular weight is 286 g/mol. The summed E-state index contributed by atoms with van der Waals surface area (Å²) in [4.78, 5) is 20.2. The average Bonchev–Trinajstić information content (AvgIpc) is 3.00. The van der Waals surface area contributed by atoms with Crippen LogP contribution in [0.2, 0.25) is 0 Å². The van der Waals surface area contributed by atoms with E-state index < -0.39 is 5.82 Å². The standard InChI is InChI=1S/C14H11FN4O2/c1-21-8-4-9-10(14(20)19-3-2-17-7-19)6-12(16)18-13(9)11(15)5-8/h2-7H,1H3,(H2,16,18). The van der Waals surface area contributed by atoms with Crippen molar-refractivity contribution in [1.82, 2.24) is 14.5 Å². The Morgan fingerprint density at radius 3 is 2.86 bits per heavy atom. The number of methoxy groups -OCH3 is 1. The normalized spacial score (nSPS) is 10.8. The van der Waals surface area contributed by atoms with E-state index in [0.717, 1.165) is 0 Å². The van der Waals surface area contributed by atoms with Crippen LogP contribution in [0.4, 0.5) is 10.2 Å². The zero-order valence-corrected chi connectivity index (χ0v) is 11.1. The lowest BCUT2D eigenvalue weighted by atomic mass is 10.1. The van der Waals surface area contributed by atoms with Crippen molar-refractivity contribution < 1.29 is 13.9 Å². The summed E-state index contributed by atoms with van der Waals surface area (Å²) in [5.41, 5.74) is 5.93. The minimum atomic E-state index is -0.601. The first kappa shape index (κ1) is 13.0. The largest absolute Gasteiger partial charge is 0.497 e. The first-order valence-electron chi connectivity index (χ1n) is 6.06. The van der Waals surface area contributed by atoms with Crippen molar-refractivity contribution in [1.29, 1.82) is 0 Å². The molecule has 3 rings (SSSR count). The first-order valence-corrected chi connectivity index (χ1v) is 6.06. The van der Waals surface area contributed by atoms with Crippen molar-refractivity contribution in [3.63, 3.8) is 0 Å². The Morgan fingerprint density at radius 2 is 2.19 bits per heavy atom. The fourth-order valence-corrected chi connectivity index (χ4v) is 2.09. The number of nitrogens with zero attached hydrogens (tertiary/aromatic N) is 3. The molecule has 0 spiro atoms. The van der Waals surface area contributed by atoms with Gasteiger partial charge in [-0.05, 0) is 12.1 Å². The highest BCUT2D eigenvalue weighted by molar-refractivity contribution is 6.08. The van der Waals surface area contributed by atoms with Crippen molar-refractivity contribution in [2.24, 2.45) is 0 Å². The number of pyridine rings is 1. The predicted octanol–water partition coefficient (Wildman–Crippen LogP) is 1.85. The summed E-state index contributed by atoms with van der Waals surface area (Å²) < 4.78 is 20.4. The van der Waals surface area contributed by atoms with Crippen LogP contribution in [-0.2, 0) is 0 Å². The third-order valence-electron chi connectivity index (χ3n) is 3.07. The number of hydrogen-bond donors (Lipinski definition) is 1. The molecular weight excluding hydrogens is 275 g/mol. The number of imidazole rings is 1. The number of halogens is 1. The van der Waals surface area contributed by atoms with Crippen molar-refractivity contribution in [3.05, 3.63) is 48.3 Å². The SMILES string of the molecule is COc1cc(F)c2nc(N)cc(C(=O)n3ccnc3)c2c1. The quantitative estimate of drug-likeness (QED) is 0.777. The molecule has 0 amide bonds. The molecule has 2 N–H and O–H groups in total. The summed E-state index contributed by atoms with van der Waals surface area (Å²) in [5, 5.41) is 0.333. The monoisotopic (exact) mass is 286 g/mol. The third kappa shape index (κ3) is 2.18. The molecule has 2 heterocycles. The summed E-state index contributed by atoms with van der Waals surface area (Å²) in [6.45, 7) is 0. The van der Waals surface area contributed by atoms with Gasteiger partial charge < -0.3 is 10.5 Å². The second-order valence-electron chi connectivity index (χ2n) is 4.38. The number of carbonyl (C=O) groups is 1. The van der Waals surface area contributed by atoms with Crippen molar-refractivity contribution >= 4 is 22.6 Å². The molecule has 1 aromatic carbocycles. The van der Waals surface area contributed by atoms with Crippen LogP contribution in [0, 0.1) is 5.82 Å². The number of carbonyl (C=O) groups excluding carboxylic acids is 1. The topological polar surface area (TPSA) is 83.0 Å². The number of nitrogens with two attached hydrogens (primary N) is 1. The van der Waals surface area contributed by atoms with Gasteiger partial charge in [-0.25, -0.2) is 14.4 Å². The molecule has 6 nitrogen and oxygen atoms in total. The Hall–Kier alpha value is -2.96. The van der Waals surface area contributed by atoms with E-state index >= 15 is 0 Å². The molecule has 0 fully saturated rings. The summed E-state index contributed by atoms with van der Waals surface area (Å²) in [5.74, 6) is -0.614. The van der Waals surface area contributed by atoms with Gasteiger partial charge in [0.1, 0.15) is 23.4 Å². The van der Waals surface area contributed by atoms with E-state index in [1.807, 2.05) is 0 Å². The molecule has 0 saturated carbocycles. The minimum Gasteiger partial charge on any atom is -0.497 e. The Morgan fingerprint density at radius 1 is 1.38 bits per heavy atom. The Kier molecular flexibility index (Phi) is 3.02. The van der Waals surface area contributed by atoms with Crippen LogP contribution in [-0.4, -0.2) is 27.6 Å². The van der Waals surface area contributed by atoms with Gasteiger partial charge in [0.25, 0.3) is 5.91 Å². The summed E-state index contributed by atoms with van der Waals surface area (Å²) >= 11 is 0. The third-order valence-corrected chi connectivity index (χ3v) is 3.07. The summed E-state index contributed by atoms with van der Waals surface area (Å²) in [7, 11) is 1.42. The summed E-state index contributed by atoms with van der Waals surface area (Å²) in [6, 6.07) is 4.15. The molecule has 0 unspecified atom stereocenters. The van der Waals surface area contributed by atoms with Crippen LogP contribution >= 0.6 is 0 Å². The van der Waals surface area contributed by atoms with E-state index in [1.165, 1.54) is 42.5 Å². The van der Waals surface area contributed by atoms with Crippen LogP contribution in [0.3, 0.4) is 0 Å². The molecule has 21 heavy (non-hydrogen) atoms. The van der Waals surface area contributed by atoms with Crippen LogP contribution in [0.1, 0.15) is 10.4 Å². The molecule has 3 aromatic rings. The molecule has 0 radical (unpaired) electrons. The minimum absolute atomic E-state index is 0.0271. The molecule has 0 aliphatic carbocycles. The molecule has 0 saturated heterocycles. The second kappa shape index (κ2) is 4.86. The van der Waals surface area contributed by atoms with Crippen LogP contribution < -0.4 is 10.5 Å². The highest BCUT2D eigenvalue weighted by Gasteiger charge is 2.17. The van der Waals surface area contributed by atoms with Crippen molar-refractivity contribution in [2.75, 3.05) is 12.8 Å². The lowest BCUT2D eigenvalue weighted by Crippen LogP contribution is -2.12. The van der Waals surface area contributed by atoms with Gasteiger partial charge in [-0.15, -0.1) is 0 Å². The number of nitrogen functional groups attached to an aromatic ring is 1. The van der Waals surface area contributed by atoms with Gasteiger partial charge in [0.15, 0.2) is 5.82 Å². The Balaban J connectivity index is 2.31.